The molecule has 0 aliphatic heterocycles. The zero-order valence-corrected chi connectivity index (χ0v) is 12.5. The third-order valence-electron chi connectivity index (χ3n) is 1.84. The molecule has 5 heteroatoms. The smallest absolute Gasteiger partial charge is 0.155 e. The Hall–Kier alpha value is -0.498. The van der Waals surface area contributed by atoms with Gasteiger partial charge in [-0.25, -0.2) is 0 Å². The van der Waals surface area contributed by atoms with Crippen molar-refractivity contribution < 1.29 is 35.1 Å². The molecule has 0 saturated heterocycles. The van der Waals surface area contributed by atoms with Crippen molar-refractivity contribution in [1.82, 2.24) is 4.90 Å². The van der Waals surface area contributed by atoms with E-state index in [1.165, 1.54) is 19.9 Å². The van der Waals surface area contributed by atoms with Crippen LogP contribution in [0.3, 0.4) is 0 Å². The van der Waals surface area contributed by atoms with Crippen molar-refractivity contribution in [2.45, 2.75) is 34.1 Å². The Morgan fingerprint density at radius 2 is 1.76 bits per heavy atom. The normalized spacial score (nSPS) is 10.1. The first-order valence-electron chi connectivity index (χ1n) is 5.43. The van der Waals surface area contributed by atoms with E-state index < -0.39 is 0 Å². The fourth-order valence-electron chi connectivity index (χ4n) is 1.04. The van der Waals surface area contributed by atoms with Gasteiger partial charge in [0.05, 0.1) is 5.76 Å². The topological polar surface area (TPSA) is 57.6 Å². The summed E-state index contributed by atoms with van der Waals surface area (Å²) in [7, 11) is 0. The zero-order valence-electron chi connectivity index (χ0n) is 10.9. The molecule has 1 N–H and O–H groups in total. The fraction of sp³-hybridized carbons (Fsp3) is 0.667. The number of ketones is 1. The number of aliphatic hydroxyl groups is 1. The second kappa shape index (κ2) is 15.5. The van der Waals surface area contributed by atoms with Crippen molar-refractivity contribution in [3.05, 3.63) is 11.8 Å². The SMILES string of the molecule is CC(=O)C=C(C)O.CCN(CC)CC[C-]=O.[Pd]. The van der Waals surface area contributed by atoms with Crippen molar-refractivity contribution in [2.24, 2.45) is 0 Å². The van der Waals surface area contributed by atoms with Crippen LogP contribution in [0.2, 0.25) is 0 Å². The van der Waals surface area contributed by atoms with Crippen LogP contribution in [0.25, 0.3) is 0 Å². The number of aliphatic hydroxyl groups excluding tert-OH is 1. The van der Waals surface area contributed by atoms with E-state index in [2.05, 4.69) is 18.7 Å². The molecule has 0 aliphatic carbocycles. The van der Waals surface area contributed by atoms with Gasteiger partial charge in [0, 0.05) is 26.5 Å². The largest absolute Gasteiger partial charge is 0.542 e. The number of rotatable bonds is 6. The minimum Gasteiger partial charge on any atom is -0.542 e. The van der Waals surface area contributed by atoms with Gasteiger partial charge in [0.15, 0.2) is 5.78 Å². The molecule has 4 nitrogen and oxygen atoms in total. The summed E-state index contributed by atoms with van der Waals surface area (Å²) in [5.74, 6) is -0.0625. The number of nitrogens with zero attached hydrogens (tertiary/aromatic N) is 1. The van der Waals surface area contributed by atoms with Crippen LogP contribution in [-0.4, -0.2) is 41.7 Å². The van der Waals surface area contributed by atoms with E-state index >= 15 is 0 Å². The third kappa shape index (κ3) is 21.4. The molecule has 0 radical (unpaired) electrons. The van der Waals surface area contributed by atoms with E-state index in [4.69, 9.17) is 5.11 Å². The first kappa shape index (κ1) is 21.8. The van der Waals surface area contributed by atoms with Crippen molar-refractivity contribution in [1.29, 1.82) is 0 Å². The molecule has 0 bridgehead atoms. The summed E-state index contributed by atoms with van der Waals surface area (Å²) >= 11 is 0. The second-order valence-electron chi connectivity index (χ2n) is 3.32. The van der Waals surface area contributed by atoms with Crippen LogP contribution in [0.4, 0.5) is 0 Å². The van der Waals surface area contributed by atoms with Crippen LogP contribution in [-0.2, 0) is 30.0 Å². The number of hydrogen-bond donors (Lipinski definition) is 1. The summed E-state index contributed by atoms with van der Waals surface area (Å²) in [6.45, 7) is 9.94. The van der Waals surface area contributed by atoms with Crippen LogP contribution in [0.15, 0.2) is 11.8 Å². The van der Waals surface area contributed by atoms with Gasteiger partial charge in [-0.05, 0) is 33.5 Å². The number of allylic oxidation sites excluding steroid dienone is 2. The fourth-order valence-corrected chi connectivity index (χ4v) is 1.04. The van der Waals surface area contributed by atoms with Crippen LogP contribution < -0.4 is 0 Å². The second-order valence-corrected chi connectivity index (χ2v) is 3.32. The van der Waals surface area contributed by atoms with Crippen LogP contribution >= 0.6 is 0 Å². The Morgan fingerprint density at radius 3 is 1.94 bits per heavy atom. The zero-order chi connectivity index (χ0) is 13.0. The van der Waals surface area contributed by atoms with Gasteiger partial charge in [0.1, 0.15) is 0 Å². The molecule has 104 valence electrons. The van der Waals surface area contributed by atoms with Gasteiger partial charge in [-0.2, -0.15) is 0 Å². The molecular weight excluding hydrogens is 313 g/mol. The maximum atomic E-state index is 10.0. The van der Waals surface area contributed by atoms with E-state index in [0.29, 0.717) is 6.42 Å². The van der Waals surface area contributed by atoms with E-state index in [0.717, 1.165) is 19.6 Å². The molecule has 0 heterocycles. The molecule has 0 aromatic heterocycles. The summed E-state index contributed by atoms with van der Waals surface area (Å²) < 4.78 is 0. The van der Waals surface area contributed by atoms with Gasteiger partial charge >= 0.3 is 0 Å². The minimum absolute atomic E-state index is 0. The molecule has 17 heavy (non-hydrogen) atoms. The van der Waals surface area contributed by atoms with Crippen LogP contribution in [0.5, 0.6) is 0 Å². The molecule has 0 spiro atoms. The van der Waals surface area contributed by atoms with Gasteiger partial charge < -0.3 is 14.8 Å². The Kier molecular flexibility index (Phi) is 19.8. The van der Waals surface area contributed by atoms with E-state index in [1.807, 2.05) is 6.29 Å². The van der Waals surface area contributed by atoms with Gasteiger partial charge in [0.2, 0.25) is 0 Å². The third-order valence-corrected chi connectivity index (χ3v) is 1.84. The molecule has 0 amide bonds. The standard InChI is InChI=1S/C7H14NO.C5H8O2.Pd/c1-3-8(4-2)6-5-7-9;1-4(6)3-5(2)7;/h3-6H2,1-2H3;3,6H,1-2H3;/q-1;;. The quantitative estimate of drug-likeness (QED) is 0.349. The van der Waals surface area contributed by atoms with Crippen molar-refractivity contribution in [2.75, 3.05) is 19.6 Å². The Labute approximate surface area is 118 Å². The number of carbonyl (C=O) groups excluding carboxylic acids is 2. The van der Waals surface area contributed by atoms with Crippen molar-refractivity contribution in [3.8, 4) is 0 Å². The molecule has 0 saturated carbocycles. The van der Waals surface area contributed by atoms with Crippen LogP contribution in [0.1, 0.15) is 34.1 Å². The minimum atomic E-state index is -0.125. The molecule has 0 unspecified atom stereocenters. The maximum Gasteiger partial charge on any atom is 0.155 e. The number of carbonyl (C=O) groups is 1. The molecular formula is C12H22NO3Pd-. The van der Waals surface area contributed by atoms with E-state index in [1.54, 1.807) is 0 Å². The van der Waals surface area contributed by atoms with Crippen molar-refractivity contribution >= 4 is 12.1 Å². The van der Waals surface area contributed by atoms with Gasteiger partial charge in [-0.15, -0.1) is 6.42 Å². The van der Waals surface area contributed by atoms with Crippen LogP contribution in [0, 0.1) is 0 Å². The summed E-state index contributed by atoms with van der Waals surface area (Å²) in [6.07, 6.45) is 3.59. The first-order chi connectivity index (χ1) is 7.47. The summed E-state index contributed by atoms with van der Waals surface area (Å²) in [5.41, 5.74) is 0. The predicted molar refractivity (Wildman–Crippen MR) is 65.2 cm³/mol. The summed E-state index contributed by atoms with van der Waals surface area (Å²) in [4.78, 5) is 22.0. The predicted octanol–water partition coefficient (Wildman–Crippen LogP) is 1.86. The average molecular weight is 335 g/mol. The van der Waals surface area contributed by atoms with E-state index in [-0.39, 0.29) is 32.0 Å². The average Bonchev–Trinajstić information content (AvgIpc) is 2.18. The summed E-state index contributed by atoms with van der Waals surface area (Å²) in [6, 6.07) is 0. The number of hydrogen-bond acceptors (Lipinski definition) is 4. The molecule has 0 aliphatic rings. The van der Waals surface area contributed by atoms with Gasteiger partial charge in [-0.3, -0.25) is 11.1 Å². The molecule has 0 aromatic carbocycles. The molecule has 0 atom stereocenters. The molecule has 0 aromatic rings. The Bertz CT molecular complexity index is 222. The Balaban J connectivity index is -0.000000224. The Morgan fingerprint density at radius 1 is 1.29 bits per heavy atom. The van der Waals surface area contributed by atoms with Crippen molar-refractivity contribution in [3.63, 3.8) is 0 Å². The van der Waals surface area contributed by atoms with E-state index in [9.17, 15) is 9.59 Å². The maximum absolute atomic E-state index is 10.0. The first-order valence-corrected chi connectivity index (χ1v) is 5.43. The molecule has 0 rings (SSSR count). The summed E-state index contributed by atoms with van der Waals surface area (Å²) in [5, 5.41) is 8.36. The van der Waals surface area contributed by atoms with Gasteiger partial charge in [0.25, 0.3) is 0 Å². The molecule has 0 fully saturated rings. The monoisotopic (exact) mass is 334 g/mol. The van der Waals surface area contributed by atoms with Gasteiger partial charge in [-0.1, -0.05) is 13.8 Å².